The number of hydrogen-bond donors (Lipinski definition) is 6. The predicted octanol–water partition coefficient (Wildman–Crippen LogP) is 0.645. The smallest absolute Gasteiger partial charge is 0.243 e. The number of aliphatic hydroxyl groups excluding tert-OH is 1. The van der Waals surface area contributed by atoms with Crippen LogP contribution in [0.4, 0.5) is 0 Å². The second-order valence-corrected chi connectivity index (χ2v) is 14.0. The Kier molecular flexibility index (Phi) is 15.4. The number of carbonyl (C=O) groups excluding carboxylic acids is 4. The molecule has 13 nitrogen and oxygen atoms in total. The molecule has 1 aromatic heterocycles. The van der Waals surface area contributed by atoms with E-state index in [0.29, 0.717) is 38.4 Å². The lowest BCUT2D eigenvalue weighted by molar-refractivity contribution is -0.135. The molecule has 14 heteroatoms. The van der Waals surface area contributed by atoms with Crippen molar-refractivity contribution in [3.8, 4) is 0 Å². The summed E-state index contributed by atoms with van der Waals surface area (Å²) < 4.78 is 5.38. The maximum Gasteiger partial charge on any atom is 0.243 e. The monoisotopic (exact) mass is 688 g/mol. The van der Waals surface area contributed by atoms with Crippen molar-refractivity contribution in [3.05, 3.63) is 52.5 Å². The van der Waals surface area contributed by atoms with Gasteiger partial charge >= 0.3 is 0 Å². The highest BCUT2D eigenvalue weighted by atomic mass is 32.1. The zero-order valence-corrected chi connectivity index (χ0v) is 29.4. The van der Waals surface area contributed by atoms with Crippen molar-refractivity contribution in [2.45, 2.75) is 83.2 Å². The van der Waals surface area contributed by atoms with Crippen LogP contribution in [0.2, 0.25) is 0 Å². The molecule has 1 aliphatic heterocycles. The molecule has 2 heterocycles. The number of nitrogens with one attached hydrogen (secondary N) is 4. The fraction of sp³-hybridized carbons (Fsp3) is 0.618. The lowest BCUT2D eigenvalue weighted by atomic mass is 9.82. The maximum absolute atomic E-state index is 13.9. The molecule has 1 aliphatic rings. The Morgan fingerprint density at radius 1 is 0.958 bits per heavy atom. The minimum absolute atomic E-state index is 0.0639. The number of amides is 4. The van der Waals surface area contributed by atoms with Gasteiger partial charge in [0.1, 0.15) is 12.1 Å². The third kappa shape index (κ3) is 12.9. The van der Waals surface area contributed by atoms with Crippen LogP contribution in [-0.4, -0.2) is 113 Å². The Morgan fingerprint density at radius 3 is 2.19 bits per heavy atom. The first-order valence-corrected chi connectivity index (χ1v) is 17.4. The molecule has 1 aromatic carbocycles. The summed E-state index contributed by atoms with van der Waals surface area (Å²) in [5, 5.41) is 35.0. The summed E-state index contributed by atoms with van der Waals surface area (Å²) in [6, 6.07) is 6.47. The average molecular weight is 689 g/mol. The van der Waals surface area contributed by atoms with Crippen LogP contribution in [0.1, 0.15) is 51.8 Å². The van der Waals surface area contributed by atoms with E-state index in [1.807, 2.05) is 49.1 Å². The van der Waals surface area contributed by atoms with Gasteiger partial charge in [0.05, 0.1) is 54.6 Å². The van der Waals surface area contributed by atoms with E-state index < -0.39 is 53.5 Å². The molecule has 1 saturated heterocycles. The van der Waals surface area contributed by atoms with Crippen molar-refractivity contribution < 1.29 is 34.1 Å². The van der Waals surface area contributed by atoms with Crippen LogP contribution in [0.5, 0.6) is 0 Å². The number of aromatic nitrogens is 1. The van der Waals surface area contributed by atoms with Crippen LogP contribution in [-0.2, 0) is 36.8 Å². The summed E-state index contributed by atoms with van der Waals surface area (Å²) in [4.78, 5) is 59.8. The Morgan fingerprint density at radius 2 is 1.60 bits per heavy atom. The Labute approximate surface area is 287 Å². The van der Waals surface area contributed by atoms with Crippen molar-refractivity contribution >= 4 is 35.0 Å². The van der Waals surface area contributed by atoms with Gasteiger partial charge in [0, 0.05) is 38.4 Å². The second kappa shape index (κ2) is 18.9. The van der Waals surface area contributed by atoms with Crippen LogP contribution >= 0.6 is 11.3 Å². The number of rotatable bonds is 18. The van der Waals surface area contributed by atoms with E-state index in [2.05, 4.69) is 26.3 Å². The molecule has 3 rings (SSSR count). The molecule has 0 saturated carbocycles. The maximum atomic E-state index is 13.9. The Balaban J connectivity index is 1.82. The Hall–Kier alpha value is -3.43. The van der Waals surface area contributed by atoms with Crippen LogP contribution in [0, 0.1) is 11.8 Å². The second-order valence-electron chi connectivity index (χ2n) is 13.3. The summed E-state index contributed by atoms with van der Waals surface area (Å²) in [5.74, 6) is -2.69. The third-order valence-corrected chi connectivity index (χ3v) is 8.98. The Bertz CT molecular complexity index is 1300. The summed E-state index contributed by atoms with van der Waals surface area (Å²) in [7, 11) is 1.46. The van der Waals surface area contributed by atoms with Crippen molar-refractivity contribution in [1.82, 2.24) is 31.2 Å². The van der Waals surface area contributed by atoms with E-state index >= 15 is 0 Å². The highest BCUT2D eigenvalue weighted by molar-refractivity contribution is 7.07. The van der Waals surface area contributed by atoms with E-state index in [1.165, 1.54) is 32.2 Å². The number of nitrogens with zero attached hydrogens (tertiary/aromatic N) is 2. The summed E-state index contributed by atoms with van der Waals surface area (Å²) >= 11 is 1.36. The van der Waals surface area contributed by atoms with Gasteiger partial charge in [-0.1, -0.05) is 44.2 Å². The van der Waals surface area contributed by atoms with E-state index in [-0.39, 0.29) is 37.6 Å². The molecule has 5 atom stereocenters. The van der Waals surface area contributed by atoms with Crippen LogP contribution in [0.3, 0.4) is 0 Å². The molecular formula is C34H52N6O7S. The van der Waals surface area contributed by atoms with Gasteiger partial charge in [0.15, 0.2) is 0 Å². The molecule has 1 fully saturated rings. The van der Waals surface area contributed by atoms with E-state index in [1.54, 1.807) is 10.9 Å². The van der Waals surface area contributed by atoms with E-state index in [9.17, 15) is 29.4 Å². The van der Waals surface area contributed by atoms with Gasteiger partial charge < -0.3 is 36.2 Å². The minimum Gasteiger partial charge on any atom is -0.391 e. The van der Waals surface area contributed by atoms with Gasteiger partial charge in [-0.2, -0.15) is 0 Å². The molecule has 6 N–H and O–H groups in total. The van der Waals surface area contributed by atoms with E-state index in [4.69, 9.17) is 4.74 Å². The summed E-state index contributed by atoms with van der Waals surface area (Å²) in [6.07, 6.45) is -0.607. The summed E-state index contributed by atoms with van der Waals surface area (Å²) in [5.41, 5.74) is 1.65. The molecular weight excluding hydrogens is 636 g/mol. The number of carbonyl (C=O) groups is 4. The first kappa shape index (κ1) is 39.0. The molecule has 266 valence electrons. The normalized spacial score (nSPS) is 17.1. The SMILES string of the molecule is CNC(=O)[C@@H](C[C@H](O)[C@H](CC(C)C)NC(=O)[C@H](Cc1cscn1)NC(=O)[C@H](Cc1ccccc1)NC(=O)CN1CCOCC1)C(C)(C)O. The van der Waals surface area contributed by atoms with Gasteiger partial charge in [-0.25, -0.2) is 4.98 Å². The van der Waals surface area contributed by atoms with Gasteiger partial charge in [0.2, 0.25) is 23.6 Å². The number of aliphatic hydroxyl groups is 2. The zero-order chi connectivity index (χ0) is 35.3. The van der Waals surface area contributed by atoms with E-state index in [0.717, 1.165) is 5.56 Å². The highest BCUT2D eigenvalue weighted by Gasteiger charge is 2.38. The number of thiazole rings is 1. The lowest BCUT2D eigenvalue weighted by Gasteiger charge is -2.33. The van der Waals surface area contributed by atoms with Crippen LogP contribution in [0.15, 0.2) is 41.2 Å². The van der Waals surface area contributed by atoms with Crippen molar-refractivity contribution in [1.29, 1.82) is 0 Å². The number of hydrogen-bond acceptors (Lipinski definition) is 10. The van der Waals surface area contributed by atoms with Crippen molar-refractivity contribution in [2.75, 3.05) is 39.9 Å². The quantitative estimate of drug-likeness (QED) is 0.131. The van der Waals surface area contributed by atoms with Gasteiger partial charge in [-0.3, -0.25) is 24.1 Å². The number of benzene rings is 1. The standard InChI is InChI=1S/C34H52N6O7S/c1-22(2)15-26(29(41)18-25(31(43)35-5)34(3,4)46)38-33(45)28(17-24-20-48-21-36-24)39-32(44)27(16-23-9-7-6-8-10-23)37-30(42)19-40-11-13-47-14-12-40/h6-10,20-22,25-29,41,46H,11-19H2,1-5H3,(H,35,43)(H,37,42)(H,38,45)(H,39,44)/t25-,26+,27+,28+,29+/m1/s1. The van der Waals surface area contributed by atoms with Crippen LogP contribution in [0.25, 0.3) is 0 Å². The van der Waals surface area contributed by atoms with Crippen molar-refractivity contribution in [2.24, 2.45) is 11.8 Å². The molecule has 0 bridgehead atoms. The molecule has 0 radical (unpaired) electrons. The highest BCUT2D eigenvalue weighted by Crippen LogP contribution is 2.25. The predicted molar refractivity (Wildman–Crippen MR) is 183 cm³/mol. The van der Waals surface area contributed by atoms with Crippen LogP contribution < -0.4 is 21.3 Å². The molecule has 0 spiro atoms. The molecule has 48 heavy (non-hydrogen) atoms. The lowest BCUT2D eigenvalue weighted by Crippen LogP contribution is -2.58. The number of morpholine rings is 1. The first-order chi connectivity index (χ1) is 22.8. The molecule has 2 aromatic rings. The zero-order valence-electron chi connectivity index (χ0n) is 28.6. The van der Waals surface area contributed by atoms with Crippen molar-refractivity contribution in [3.63, 3.8) is 0 Å². The van der Waals surface area contributed by atoms with Gasteiger partial charge in [0.25, 0.3) is 0 Å². The molecule has 0 unspecified atom stereocenters. The van der Waals surface area contributed by atoms with Gasteiger partial charge in [-0.05, 0) is 38.2 Å². The first-order valence-electron chi connectivity index (χ1n) is 16.5. The topological polar surface area (TPSA) is 182 Å². The number of ether oxygens (including phenoxy) is 1. The fourth-order valence-corrected chi connectivity index (χ4v) is 6.26. The summed E-state index contributed by atoms with van der Waals surface area (Å²) in [6.45, 7) is 9.30. The third-order valence-electron chi connectivity index (χ3n) is 8.35. The van der Waals surface area contributed by atoms with Gasteiger partial charge in [-0.15, -0.1) is 11.3 Å². The average Bonchev–Trinajstić information content (AvgIpc) is 3.55. The molecule has 4 amide bonds. The minimum atomic E-state index is -1.42. The fourth-order valence-electron chi connectivity index (χ4n) is 5.69. The molecule has 0 aliphatic carbocycles. The largest absolute Gasteiger partial charge is 0.391 e.